The van der Waals surface area contributed by atoms with E-state index >= 15 is 0 Å². The third-order valence-electron chi connectivity index (χ3n) is 4.27. The number of alkyl halides is 3. The molecule has 0 radical (unpaired) electrons. The van der Waals surface area contributed by atoms with Crippen LogP contribution in [0.3, 0.4) is 0 Å². The number of nitrogens with one attached hydrogen (secondary N) is 1. The van der Waals surface area contributed by atoms with Crippen LogP contribution in [0.25, 0.3) is 16.9 Å². The Labute approximate surface area is 167 Å². The maximum Gasteiger partial charge on any atom is 0.416 e. The van der Waals surface area contributed by atoms with Gasteiger partial charge in [0.1, 0.15) is 5.52 Å². The predicted octanol–water partition coefficient (Wildman–Crippen LogP) is 3.96. The van der Waals surface area contributed by atoms with Gasteiger partial charge in [0.05, 0.1) is 34.9 Å². The molecule has 11 heteroatoms. The number of fused-ring (bicyclic) bond motifs is 1. The molecule has 0 amide bonds. The van der Waals surface area contributed by atoms with Gasteiger partial charge in [-0.1, -0.05) is 12.1 Å². The molecule has 4 aromatic rings. The molecule has 30 heavy (non-hydrogen) atoms. The summed E-state index contributed by atoms with van der Waals surface area (Å²) in [5.74, 6) is -0.825. The molecule has 1 aromatic carbocycles. The molecule has 0 atom stereocenters. The number of carboxylic acids is 1. The van der Waals surface area contributed by atoms with E-state index in [4.69, 9.17) is 5.11 Å². The minimum atomic E-state index is -4.48. The Bertz CT molecular complexity index is 1270. The highest BCUT2D eigenvalue weighted by Crippen LogP contribution is 2.32. The minimum absolute atomic E-state index is 0.0239. The van der Waals surface area contributed by atoms with Crippen LogP contribution in [0.1, 0.15) is 21.6 Å². The van der Waals surface area contributed by atoms with E-state index in [2.05, 4.69) is 25.4 Å². The van der Waals surface area contributed by atoms with Crippen molar-refractivity contribution in [3.8, 4) is 11.4 Å². The number of aromatic carboxylic acids is 1. The van der Waals surface area contributed by atoms with Gasteiger partial charge in [-0.2, -0.15) is 13.2 Å². The highest BCUT2D eigenvalue weighted by atomic mass is 19.4. The number of rotatable bonds is 4. The molecule has 3 aromatic heterocycles. The Hall–Kier alpha value is -4.02. The lowest BCUT2D eigenvalue weighted by Crippen LogP contribution is -2.06. The average Bonchev–Trinajstić information content (AvgIpc) is 3.04. The van der Waals surface area contributed by atoms with Gasteiger partial charge >= 0.3 is 12.1 Å². The van der Waals surface area contributed by atoms with Crippen molar-refractivity contribution in [2.45, 2.75) is 13.1 Å². The van der Waals surface area contributed by atoms with E-state index in [1.165, 1.54) is 41.3 Å². The Morgan fingerprint density at radius 2 is 1.97 bits per heavy atom. The van der Waals surface area contributed by atoms with Crippen molar-refractivity contribution in [1.29, 1.82) is 0 Å². The number of pyridine rings is 1. The van der Waals surface area contributed by atoms with E-state index in [1.54, 1.807) is 6.92 Å². The third kappa shape index (κ3) is 3.64. The Morgan fingerprint density at radius 1 is 1.17 bits per heavy atom. The summed E-state index contributed by atoms with van der Waals surface area (Å²) in [6.07, 6.45) is -0.416. The maximum absolute atomic E-state index is 13.1. The molecule has 2 N–H and O–H groups in total. The summed E-state index contributed by atoms with van der Waals surface area (Å²) in [5.41, 5.74) is 0.829. The van der Waals surface area contributed by atoms with Crippen LogP contribution < -0.4 is 5.32 Å². The number of hydrogen-bond donors (Lipinski definition) is 2. The number of benzene rings is 1. The number of hydrogen-bond acceptors (Lipinski definition) is 6. The summed E-state index contributed by atoms with van der Waals surface area (Å²) in [7, 11) is 0. The Kier molecular flexibility index (Phi) is 4.57. The number of halogens is 3. The van der Waals surface area contributed by atoms with E-state index in [0.717, 1.165) is 12.1 Å². The Balaban J connectivity index is 1.77. The molecule has 152 valence electrons. The first kappa shape index (κ1) is 19.3. The number of aromatic nitrogens is 5. The van der Waals surface area contributed by atoms with Crippen molar-refractivity contribution < 1.29 is 23.1 Å². The predicted molar refractivity (Wildman–Crippen MR) is 100 cm³/mol. The van der Waals surface area contributed by atoms with Crippen LogP contribution in [0.2, 0.25) is 0 Å². The highest BCUT2D eigenvalue weighted by molar-refractivity contribution is 5.88. The number of anilines is 2. The second-order valence-electron chi connectivity index (χ2n) is 6.37. The van der Waals surface area contributed by atoms with E-state index in [1.807, 2.05) is 0 Å². The van der Waals surface area contributed by atoms with Crippen molar-refractivity contribution in [3.05, 3.63) is 65.7 Å². The molecule has 3 heterocycles. The molecule has 0 fully saturated rings. The summed E-state index contributed by atoms with van der Waals surface area (Å²) in [4.78, 5) is 23.4. The topological polar surface area (TPSA) is 105 Å². The van der Waals surface area contributed by atoms with Crippen LogP contribution >= 0.6 is 0 Å². The quantitative estimate of drug-likeness (QED) is 0.521. The van der Waals surface area contributed by atoms with Crippen LogP contribution in [0, 0.1) is 6.92 Å². The number of carbonyl (C=O) groups is 1. The van der Waals surface area contributed by atoms with Crippen molar-refractivity contribution >= 4 is 23.1 Å². The van der Waals surface area contributed by atoms with E-state index in [0.29, 0.717) is 16.9 Å². The fraction of sp³-hybridized carbons (Fsp3) is 0.105. The van der Waals surface area contributed by atoms with Gasteiger partial charge < -0.3 is 10.4 Å². The molecule has 4 rings (SSSR count). The molecule has 0 saturated carbocycles. The summed E-state index contributed by atoms with van der Waals surface area (Å²) in [5, 5.41) is 16.2. The fourth-order valence-electron chi connectivity index (χ4n) is 2.86. The van der Waals surface area contributed by atoms with Gasteiger partial charge in [0.2, 0.25) is 5.95 Å². The zero-order valence-electron chi connectivity index (χ0n) is 15.3. The first-order valence-electron chi connectivity index (χ1n) is 8.58. The van der Waals surface area contributed by atoms with Gasteiger partial charge in [-0.15, -0.1) is 5.10 Å². The second kappa shape index (κ2) is 7.10. The summed E-state index contributed by atoms with van der Waals surface area (Å²) < 4.78 is 40.6. The lowest BCUT2D eigenvalue weighted by atomic mass is 10.1. The van der Waals surface area contributed by atoms with Gasteiger partial charge in [-0.25, -0.2) is 19.3 Å². The number of nitrogens with zero attached hydrogens (tertiary/aromatic N) is 5. The standard InChI is InChI=1S/C19H13F3N6O2/c1-10-15-9-24-18(26-14-6-12(17(29)30)7-23-8-14)27-28(15)16(25-10)11-3-2-4-13(5-11)19(20,21)22/h2-9H,1H3,(H,26,27)(H,29,30). The normalized spacial score (nSPS) is 11.6. The maximum atomic E-state index is 13.1. The number of carboxylic acid groups (broad SMARTS) is 1. The smallest absolute Gasteiger partial charge is 0.416 e. The molecule has 0 aliphatic rings. The zero-order chi connectivity index (χ0) is 21.5. The number of imidazole rings is 1. The molecule has 0 bridgehead atoms. The molecular weight excluding hydrogens is 401 g/mol. The summed E-state index contributed by atoms with van der Waals surface area (Å²) >= 11 is 0. The van der Waals surface area contributed by atoms with Gasteiger partial charge in [0, 0.05) is 11.8 Å². The van der Waals surface area contributed by atoms with Crippen molar-refractivity contribution in [3.63, 3.8) is 0 Å². The molecule has 0 aliphatic heterocycles. The summed E-state index contributed by atoms with van der Waals surface area (Å²) in [6, 6.07) is 6.16. The monoisotopic (exact) mass is 414 g/mol. The van der Waals surface area contributed by atoms with E-state index in [9.17, 15) is 18.0 Å². The summed E-state index contributed by atoms with van der Waals surface area (Å²) in [6.45, 7) is 1.70. The minimum Gasteiger partial charge on any atom is -0.478 e. The molecular formula is C19H13F3N6O2. The molecule has 8 nitrogen and oxygen atoms in total. The second-order valence-corrected chi connectivity index (χ2v) is 6.37. The van der Waals surface area contributed by atoms with Gasteiger partial charge in [-0.3, -0.25) is 4.98 Å². The van der Waals surface area contributed by atoms with Crippen molar-refractivity contribution in [2.24, 2.45) is 0 Å². The highest BCUT2D eigenvalue weighted by Gasteiger charge is 2.30. The van der Waals surface area contributed by atoms with E-state index in [-0.39, 0.29) is 22.9 Å². The first-order chi connectivity index (χ1) is 14.2. The largest absolute Gasteiger partial charge is 0.478 e. The SMILES string of the molecule is Cc1nc(-c2cccc(C(F)(F)F)c2)n2nc(Nc3cncc(C(=O)O)c3)ncc12. The van der Waals surface area contributed by atoms with Crippen LogP contribution in [-0.2, 0) is 6.18 Å². The molecule has 0 unspecified atom stereocenters. The lowest BCUT2D eigenvalue weighted by Gasteiger charge is -2.09. The zero-order valence-corrected chi connectivity index (χ0v) is 15.3. The van der Waals surface area contributed by atoms with Crippen LogP contribution in [0.5, 0.6) is 0 Å². The van der Waals surface area contributed by atoms with Crippen molar-refractivity contribution in [2.75, 3.05) is 5.32 Å². The molecule has 0 aliphatic carbocycles. The van der Waals surface area contributed by atoms with E-state index < -0.39 is 17.7 Å². The van der Waals surface area contributed by atoms with Crippen molar-refractivity contribution in [1.82, 2.24) is 24.6 Å². The van der Waals surface area contributed by atoms with Crippen LogP contribution in [0.15, 0.2) is 48.9 Å². The van der Waals surface area contributed by atoms with Crippen LogP contribution in [-0.4, -0.2) is 35.6 Å². The molecule has 0 spiro atoms. The Morgan fingerprint density at radius 3 is 2.70 bits per heavy atom. The number of aryl methyl sites for hydroxylation is 1. The first-order valence-corrected chi connectivity index (χ1v) is 8.58. The van der Waals surface area contributed by atoms with Gasteiger partial charge in [-0.05, 0) is 25.1 Å². The average molecular weight is 414 g/mol. The lowest BCUT2D eigenvalue weighted by molar-refractivity contribution is -0.137. The molecule has 0 saturated heterocycles. The third-order valence-corrected chi connectivity index (χ3v) is 4.27. The van der Waals surface area contributed by atoms with Gasteiger partial charge in [0.25, 0.3) is 0 Å². The van der Waals surface area contributed by atoms with Crippen LogP contribution in [0.4, 0.5) is 24.8 Å². The fourth-order valence-corrected chi connectivity index (χ4v) is 2.86. The van der Waals surface area contributed by atoms with Gasteiger partial charge in [0.15, 0.2) is 5.82 Å².